The molecule has 2 aromatic rings. The zero-order valence-corrected chi connectivity index (χ0v) is 21.5. The molecule has 1 atom stereocenters. The molecule has 0 bridgehead atoms. The summed E-state index contributed by atoms with van der Waals surface area (Å²) in [6, 6.07) is 11.8. The number of rotatable bonds is 10. The average Bonchev–Trinajstić information content (AvgIpc) is 3.14. The lowest BCUT2D eigenvalue weighted by Gasteiger charge is -2.29. The molecule has 0 spiro atoms. The summed E-state index contributed by atoms with van der Waals surface area (Å²) in [5, 5.41) is 11.2. The van der Waals surface area contributed by atoms with Gasteiger partial charge < -0.3 is 19.5 Å². The molecule has 37 heavy (non-hydrogen) atoms. The third kappa shape index (κ3) is 6.56. The average molecular weight is 511 g/mol. The van der Waals surface area contributed by atoms with E-state index in [1.165, 1.54) is 29.2 Å². The zero-order valence-electron chi connectivity index (χ0n) is 21.5. The van der Waals surface area contributed by atoms with Crippen molar-refractivity contribution in [2.45, 2.75) is 32.7 Å². The van der Waals surface area contributed by atoms with Gasteiger partial charge in [-0.3, -0.25) is 14.5 Å². The minimum absolute atomic E-state index is 0.00214. The lowest BCUT2D eigenvalue weighted by molar-refractivity contribution is -0.140. The Kier molecular flexibility index (Phi) is 8.95. The van der Waals surface area contributed by atoms with Crippen LogP contribution in [0, 0.1) is 11.7 Å². The van der Waals surface area contributed by atoms with E-state index in [9.17, 15) is 19.1 Å². The van der Waals surface area contributed by atoms with Crippen LogP contribution >= 0.6 is 0 Å². The fraction of sp³-hybridized carbons (Fsp3) is 0.448. The molecule has 8 heteroatoms. The summed E-state index contributed by atoms with van der Waals surface area (Å²) < 4.78 is 24.8. The third-order valence-corrected chi connectivity index (χ3v) is 6.77. The van der Waals surface area contributed by atoms with Gasteiger partial charge in [0, 0.05) is 31.7 Å². The number of ether oxygens (including phenoxy) is 2. The van der Waals surface area contributed by atoms with Gasteiger partial charge in [0.2, 0.25) is 0 Å². The van der Waals surface area contributed by atoms with E-state index in [1.807, 2.05) is 24.3 Å². The van der Waals surface area contributed by atoms with Crippen molar-refractivity contribution in [2.24, 2.45) is 5.92 Å². The predicted octanol–water partition coefficient (Wildman–Crippen LogP) is 4.39. The third-order valence-electron chi connectivity index (χ3n) is 6.77. The van der Waals surface area contributed by atoms with Crippen molar-refractivity contribution in [2.75, 3.05) is 46.0 Å². The maximum absolute atomic E-state index is 13.5. The van der Waals surface area contributed by atoms with Gasteiger partial charge >= 0.3 is 0 Å². The molecule has 4 rings (SSSR count). The molecule has 0 radical (unpaired) electrons. The molecule has 2 fully saturated rings. The van der Waals surface area contributed by atoms with Gasteiger partial charge in [-0.25, -0.2) is 4.39 Å². The van der Waals surface area contributed by atoms with Crippen molar-refractivity contribution >= 4 is 17.4 Å². The maximum Gasteiger partial charge on any atom is 0.295 e. The summed E-state index contributed by atoms with van der Waals surface area (Å²) in [7, 11) is 0. The number of aliphatic hydroxyl groups excluding tert-OH is 1. The number of hydrogen-bond donors (Lipinski definition) is 1. The number of carbonyl (C=O) groups is 2. The topological polar surface area (TPSA) is 79.3 Å². The summed E-state index contributed by atoms with van der Waals surface area (Å²) in [6.45, 7) is 8.97. The van der Waals surface area contributed by atoms with Crippen LogP contribution in [0.4, 0.5) is 4.39 Å². The number of benzene rings is 2. The van der Waals surface area contributed by atoms with Crippen molar-refractivity contribution < 1.29 is 28.6 Å². The van der Waals surface area contributed by atoms with Crippen molar-refractivity contribution in [1.29, 1.82) is 0 Å². The fourth-order valence-corrected chi connectivity index (χ4v) is 4.70. The number of morpholine rings is 1. The van der Waals surface area contributed by atoms with E-state index in [-0.39, 0.29) is 16.9 Å². The maximum atomic E-state index is 13.5. The lowest BCUT2D eigenvalue weighted by Crippen LogP contribution is -2.38. The molecular weight excluding hydrogens is 475 g/mol. The van der Waals surface area contributed by atoms with E-state index in [4.69, 9.17) is 9.47 Å². The molecule has 2 aliphatic heterocycles. The van der Waals surface area contributed by atoms with Crippen molar-refractivity contribution in [3.05, 3.63) is 71.0 Å². The van der Waals surface area contributed by atoms with Crippen molar-refractivity contribution in [3.63, 3.8) is 0 Å². The van der Waals surface area contributed by atoms with Crippen LogP contribution in [-0.2, 0) is 14.3 Å². The summed E-state index contributed by atoms with van der Waals surface area (Å²) in [4.78, 5) is 30.3. The molecule has 0 aliphatic carbocycles. The molecule has 2 saturated heterocycles. The Morgan fingerprint density at radius 1 is 1.11 bits per heavy atom. The molecule has 1 N–H and O–H groups in total. The van der Waals surface area contributed by atoms with Crippen LogP contribution in [0.2, 0.25) is 0 Å². The standard InChI is InChI=1S/C29H35FN2O5/c1-20(2)11-16-37-24-6-3-5-22(19-24)26-25(27(33)21-7-9-23(30)10-8-21)28(34)29(35)32(26)13-4-12-31-14-17-36-18-15-31/h3,5-10,19-20,26,33H,4,11-18H2,1-2H3/b27-25+. The largest absolute Gasteiger partial charge is 0.507 e. The number of nitrogens with zero attached hydrogens (tertiary/aromatic N) is 2. The van der Waals surface area contributed by atoms with Crippen molar-refractivity contribution in [3.8, 4) is 5.75 Å². The van der Waals surface area contributed by atoms with Crippen LogP contribution < -0.4 is 4.74 Å². The Balaban J connectivity index is 1.65. The van der Waals surface area contributed by atoms with Gasteiger partial charge in [0.15, 0.2) is 0 Å². The Morgan fingerprint density at radius 3 is 2.54 bits per heavy atom. The molecule has 1 unspecified atom stereocenters. The van der Waals surface area contributed by atoms with Gasteiger partial charge in [-0.05, 0) is 60.7 Å². The van der Waals surface area contributed by atoms with Crippen LogP contribution in [0.5, 0.6) is 5.75 Å². The highest BCUT2D eigenvalue weighted by atomic mass is 19.1. The van der Waals surface area contributed by atoms with Gasteiger partial charge in [-0.2, -0.15) is 0 Å². The quantitative estimate of drug-likeness (QED) is 0.290. The summed E-state index contributed by atoms with van der Waals surface area (Å²) in [6.07, 6.45) is 1.57. The van der Waals surface area contributed by atoms with Crippen molar-refractivity contribution in [1.82, 2.24) is 9.80 Å². The van der Waals surface area contributed by atoms with Crippen LogP contribution in [-0.4, -0.2) is 72.6 Å². The molecule has 198 valence electrons. The number of aliphatic hydroxyl groups is 1. The highest BCUT2D eigenvalue weighted by molar-refractivity contribution is 6.46. The molecule has 2 aromatic carbocycles. The Hall–Kier alpha value is -3.23. The Labute approximate surface area is 217 Å². The number of hydrogen-bond acceptors (Lipinski definition) is 6. The van der Waals surface area contributed by atoms with E-state index < -0.39 is 23.5 Å². The highest BCUT2D eigenvalue weighted by Crippen LogP contribution is 2.40. The lowest BCUT2D eigenvalue weighted by atomic mass is 9.95. The van der Waals surface area contributed by atoms with Crippen LogP contribution in [0.1, 0.15) is 43.9 Å². The minimum Gasteiger partial charge on any atom is -0.507 e. The Bertz CT molecular complexity index is 1130. The monoisotopic (exact) mass is 510 g/mol. The number of amides is 1. The SMILES string of the molecule is CC(C)CCOc1cccc(C2/C(=C(\O)c3ccc(F)cc3)C(=O)C(=O)N2CCCN2CCOCC2)c1. The van der Waals surface area contributed by atoms with E-state index >= 15 is 0 Å². The smallest absolute Gasteiger partial charge is 0.295 e. The second-order valence-corrected chi connectivity index (χ2v) is 9.91. The van der Waals surface area contributed by atoms with Gasteiger partial charge in [-0.1, -0.05) is 26.0 Å². The zero-order chi connectivity index (χ0) is 26.4. The first-order valence-electron chi connectivity index (χ1n) is 12.9. The highest BCUT2D eigenvalue weighted by Gasteiger charge is 2.46. The fourth-order valence-electron chi connectivity index (χ4n) is 4.70. The summed E-state index contributed by atoms with van der Waals surface area (Å²) >= 11 is 0. The van der Waals surface area contributed by atoms with E-state index in [2.05, 4.69) is 18.7 Å². The van der Waals surface area contributed by atoms with Crippen LogP contribution in [0.15, 0.2) is 54.1 Å². The molecule has 2 aliphatic rings. The van der Waals surface area contributed by atoms with Crippen LogP contribution in [0.3, 0.4) is 0 Å². The van der Waals surface area contributed by atoms with E-state index in [0.717, 1.165) is 26.1 Å². The van der Waals surface area contributed by atoms with Gasteiger partial charge in [0.25, 0.3) is 11.7 Å². The van der Waals surface area contributed by atoms with Crippen LogP contribution in [0.25, 0.3) is 5.76 Å². The molecule has 1 amide bonds. The first-order chi connectivity index (χ1) is 17.8. The van der Waals surface area contributed by atoms with Gasteiger partial charge in [0.1, 0.15) is 17.3 Å². The Morgan fingerprint density at radius 2 is 1.84 bits per heavy atom. The molecule has 7 nitrogen and oxygen atoms in total. The second-order valence-electron chi connectivity index (χ2n) is 9.91. The number of Topliss-reactive ketones (excluding diaryl/α,β-unsaturated/α-hetero) is 1. The first kappa shape index (κ1) is 26.8. The number of ketones is 1. The first-order valence-corrected chi connectivity index (χ1v) is 12.9. The molecule has 2 heterocycles. The van der Waals surface area contributed by atoms with Gasteiger partial charge in [-0.15, -0.1) is 0 Å². The van der Waals surface area contributed by atoms with E-state index in [1.54, 1.807) is 0 Å². The molecular formula is C29H35FN2O5. The number of carbonyl (C=O) groups excluding carboxylic acids is 2. The normalized spacial score (nSPS) is 20.1. The van der Waals surface area contributed by atoms with E-state index in [0.29, 0.717) is 50.0 Å². The number of halogens is 1. The summed E-state index contributed by atoms with van der Waals surface area (Å²) in [5.74, 6) is -1.03. The number of likely N-dealkylation sites (tertiary alicyclic amines) is 1. The second kappa shape index (κ2) is 12.3. The van der Waals surface area contributed by atoms with Gasteiger partial charge in [0.05, 0.1) is 31.4 Å². The molecule has 0 aromatic heterocycles. The minimum atomic E-state index is -0.775. The predicted molar refractivity (Wildman–Crippen MR) is 139 cm³/mol. The summed E-state index contributed by atoms with van der Waals surface area (Å²) in [5.41, 5.74) is 0.959. The molecule has 0 saturated carbocycles.